The summed E-state index contributed by atoms with van der Waals surface area (Å²) in [6, 6.07) is 21.1. The molecule has 0 aliphatic heterocycles. The number of rotatable bonds is 7. The van der Waals surface area contributed by atoms with Gasteiger partial charge in [0.15, 0.2) is 0 Å². The average Bonchev–Trinajstić information content (AvgIpc) is 2.67. The van der Waals surface area contributed by atoms with Crippen molar-refractivity contribution in [3.8, 4) is 11.5 Å². The fourth-order valence-corrected chi connectivity index (χ4v) is 2.40. The molecule has 0 radical (unpaired) electrons. The summed E-state index contributed by atoms with van der Waals surface area (Å²) in [4.78, 5) is 16.3. The van der Waals surface area contributed by atoms with Crippen LogP contribution in [0.25, 0.3) is 0 Å². The Kier molecular flexibility index (Phi) is 5.77. The largest absolute Gasteiger partial charge is 0.462 e. The first-order valence-electron chi connectivity index (χ1n) is 8.21. The lowest BCUT2D eigenvalue weighted by Crippen LogP contribution is -2.09. The Balaban J connectivity index is 1.57. The fourth-order valence-electron chi connectivity index (χ4n) is 2.40. The lowest BCUT2D eigenvalue weighted by Gasteiger charge is -2.10. The first-order chi connectivity index (χ1) is 12.3. The third kappa shape index (κ3) is 4.91. The Morgan fingerprint density at radius 1 is 0.920 bits per heavy atom. The summed E-state index contributed by atoms with van der Waals surface area (Å²) in [6.07, 6.45) is 4.70. The van der Waals surface area contributed by atoms with E-state index in [2.05, 4.69) is 17.1 Å². The molecule has 0 saturated carbocycles. The second-order valence-electron chi connectivity index (χ2n) is 5.51. The van der Waals surface area contributed by atoms with Crippen LogP contribution in [-0.2, 0) is 11.2 Å². The van der Waals surface area contributed by atoms with Crippen molar-refractivity contribution in [2.24, 2.45) is 0 Å². The topological polar surface area (TPSA) is 48.4 Å². The molecule has 126 valence electrons. The number of aryl methyl sites for hydroxylation is 1. The van der Waals surface area contributed by atoms with Gasteiger partial charge in [-0.3, -0.25) is 4.98 Å². The lowest BCUT2D eigenvalue weighted by atomic mass is 10.1. The van der Waals surface area contributed by atoms with E-state index in [1.165, 1.54) is 11.8 Å². The van der Waals surface area contributed by atoms with E-state index >= 15 is 0 Å². The smallest absolute Gasteiger partial charge is 0.343 e. The molecule has 1 heterocycles. The van der Waals surface area contributed by atoms with E-state index in [0.717, 1.165) is 12.8 Å². The first-order valence-corrected chi connectivity index (χ1v) is 8.21. The van der Waals surface area contributed by atoms with Crippen LogP contribution in [0.2, 0.25) is 0 Å². The molecule has 0 atom stereocenters. The van der Waals surface area contributed by atoms with Crippen LogP contribution in [0.15, 0.2) is 79.1 Å². The van der Waals surface area contributed by atoms with Crippen LogP contribution >= 0.6 is 0 Å². The lowest BCUT2D eigenvalue weighted by molar-refractivity contribution is 0.0497. The Hall–Kier alpha value is -3.14. The number of ether oxygens (including phenoxy) is 2. The number of pyridine rings is 1. The number of benzene rings is 2. The predicted octanol–water partition coefficient (Wildman–Crippen LogP) is 4.66. The Morgan fingerprint density at radius 2 is 1.64 bits per heavy atom. The molecule has 3 rings (SSSR count). The molecule has 0 aliphatic carbocycles. The van der Waals surface area contributed by atoms with Gasteiger partial charge in [0.05, 0.1) is 6.61 Å². The third-order valence-electron chi connectivity index (χ3n) is 3.66. The number of carbonyl (C=O) groups excluding carboxylic acids is 1. The summed E-state index contributed by atoms with van der Waals surface area (Å²) in [6.45, 7) is 0.355. The summed E-state index contributed by atoms with van der Waals surface area (Å²) >= 11 is 0. The normalized spacial score (nSPS) is 10.2. The molecule has 0 N–H and O–H groups in total. The average molecular weight is 333 g/mol. The maximum atomic E-state index is 12.3. The molecule has 2 aromatic carbocycles. The molecular weight excluding hydrogens is 314 g/mol. The van der Waals surface area contributed by atoms with Crippen molar-refractivity contribution >= 4 is 5.97 Å². The molecule has 4 nitrogen and oxygen atoms in total. The number of para-hydroxylation sites is 1. The molecule has 0 fully saturated rings. The highest BCUT2D eigenvalue weighted by Crippen LogP contribution is 2.24. The highest BCUT2D eigenvalue weighted by molar-refractivity contribution is 5.92. The van der Waals surface area contributed by atoms with Crippen molar-refractivity contribution in [2.45, 2.75) is 12.8 Å². The summed E-state index contributed by atoms with van der Waals surface area (Å²) in [5.41, 5.74) is 1.55. The number of nitrogens with zero attached hydrogens (tertiary/aromatic N) is 1. The highest BCUT2D eigenvalue weighted by atomic mass is 16.5. The van der Waals surface area contributed by atoms with Crippen molar-refractivity contribution in [2.75, 3.05) is 6.61 Å². The van der Waals surface area contributed by atoms with Crippen LogP contribution in [0.1, 0.15) is 22.3 Å². The first kappa shape index (κ1) is 16.7. The van der Waals surface area contributed by atoms with Crippen molar-refractivity contribution in [1.82, 2.24) is 4.98 Å². The molecule has 0 bridgehead atoms. The summed E-state index contributed by atoms with van der Waals surface area (Å²) in [5, 5.41) is 0. The molecule has 1 aromatic heterocycles. The summed E-state index contributed by atoms with van der Waals surface area (Å²) < 4.78 is 11.1. The Morgan fingerprint density at radius 3 is 2.40 bits per heavy atom. The number of carbonyl (C=O) groups is 1. The molecular formula is C21H19NO3. The number of hydrogen-bond donors (Lipinski definition) is 0. The van der Waals surface area contributed by atoms with Crippen molar-refractivity contribution in [3.05, 3.63) is 90.3 Å². The van der Waals surface area contributed by atoms with Crippen molar-refractivity contribution in [3.63, 3.8) is 0 Å². The van der Waals surface area contributed by atoms with Gasteiger partial charge in [-0.2, -0.15) is 0 Å². The molecule has 0 spiro atoms. The van der Waals surface area contributed by atoms with Crippen LogP contribution < -0.4 is 4.74 Å². The molecule has 0 unspecified atom stereocenters. The zero-order chi connectivity index (χ0) is 17.3. The quantitative estimate of drug-likeness (QED) is 0.466. The van der Waals surface area contributed by atoms with E-state index < -0.39 is 5.97 Å². The van der Waals surface area contributed by atoms with E-state index in [4.69, 9.17) is 9.47 Å². The van der Waals surface area contributed by atoms with Crippen LogP contribution in [-0.4, -0.2) is 17.6 Å². The molecule has 25 heavy (non-hydrogen) atoms. The second-order valence-corrected chi connectivity index (χ2v) is 5.51. The van der Waals surface area contributed by atoms with Gasteiger partial charge in [0, 0.05) is 18.5 Å². The number of aromatic nitrogens is 1. The summed E-state index contributed by atoms with van der Waals surface area (Å²) in [7, 11) is 0. The van der Waals surface area contributed by atoms with Gasteiger partial charge < -0.3 is 9.47 Å². The van der Waals surface area contributed by atoms with E-state index in [0.29, 0.717) is 23.7 Å². The van der Waals surface area contributed by atoms with Gasteiger partial charge in [0.2, 0.25) is 0 Å². The maximum absolute atomic E-state index is 12.3. The molecule has 0 saturated heterocycles. The van der Waals surface area contributed by atoms with Gasteiger partial charge in [0.25, 0.3) is 0 Å². The van der Waals surface area contributed by atoms with E-state index in [9.17, 15) is 4.79 Å². The van der Waals surface area contributed by atoms with Crippen molar-refractivity contribution in [1.29, 1.82) is 0 Å². The van der Waals surface area contributed by atoms with Gasteiger partial charge >= 0.3 is 5.97 Å². The van der Waals surface area contributed by atoms with E-state index in [1.807, 2.05) is 48.5 Å². The van der Waals surface area contributed by atoms with Gasteiger partial charge in [-0.25, -0.2) is 4.79 Å². The minimum atomic E-state index is -0.424. The molecule has 3 aromatic rings. The van der Waals surface area contributed by atoms with Gasteiger partial charge in [-0.15, -0.1) is 0 Å². The minimum Gasteiger partial charge on any atom is -0.462 e. The summed E-state index contributed by atoms with van der Waals surface area (Å²) in [5.74, 6) is 0.674. The Labute approximate surface area is 147 Å². The van der Waals surface area contributed by atoms with E-state index in [-0.39, 0.29) is 0 Å². The zero-order valence-electron chi connectivity index (χ0n) is 13.8. The van der Waals surface area contributed by atoms with Crippen molar-refractivity contribution < 1.29 is 14.3 Å². The van der Waals surface area contributed by atoms with Crippen LogP contribution in [0, 0.1) is 0 Å². The SMILES string of the molecule is O=C(OCCCc1ccccc1)c1cnccc1Oc1ccccc1. The van der Waals surface area contributed by atoms with Gasteiger partial charge in [-0.05, 0) is 30.5 Å². The van der Waals surface area contributed by atoms with Crippen LogP contribution in [0.4, 0.5) is 0 Å². The van der Waals surface area contributed by atoms with Gasteiger partial charge in [-0.1, -0.05) is 48.5 Å². The number of hydrogen-bond acceptors (Lipinski definition) is 4. The van der Waals surface area contributed by atoms with Gasteiger partial charge in [0.1, 0.15) is 17.1 Å². The molecule has 0 amide bonds. The number of esters is 1. The monoisotopic (exact) mass is 333 g/mol. The second kappa shape index (κ2) is 8.64. The third-order valence-corrected chi connectivity index (χ3v) is 3.66. The zero-order valence-corrected chi connectivity index (χ0v) is 13.8. The Bertz CT molecular complexity index is 804. The molecule has 0 aliphatic rings. The minimum absolute atomic E-state index is 0.325. The maximum Gasteiger partial charge on any atom is 0.343 e. The standard InChI is InChI=1S/C21H19NO3/c23-21(24-15-7-10-17-8-3-1-4-9-17)19-16-22-14-13-20(19)25-18-11-5-2-6-12-18/h1-6,8-9,11-14,16H,7,10,15H2. The van der Waals surface area contributed by atoms with Crippen LogP contribution in [0.5, 0.6) is 11.5 Å². The molecule has 4 heteroatoms. The van der Waals surface area contributed by atoms with Crippen LogP contribution in [0.3, 0.4) is 0 Å². The highest BCUT2D eigenvalue weighted by Gasteiger charge is 2.14. The van der Waals surface area contributed by atoms with E-state index in [1.54, 1.807) is 12.3 Å². The predicted molar refractivity (Wildman–Crippen MR) is 95.8 cm³/mol. The fraction of sp³-hybridized carbons (Fsp3) is 0.143.